The second-order valence-electron chi connectivity index (χ2n) is 3.32. The van der Waals surface area contributed by atoms with E-state index in [4.69, 9.17) is 0 Å². The van der Waals surface area contributed by atoms with Crippen LogP contribution < -0.4 is 0 Å². The Morgan fingerprint density at radius 2 is 0.750 bits per heavy atom. The number of halogens is 2. The van der Waals surface area contributed by atoms with Gasteiger partial charge < -0.3 is 0 Å². The molecule has 0 amide bonds. The molecule has 0 bridgehead atoms. The molecule has 0 spiro atoms. The molecule has 4 heteroatoms. The van der Waals surface area contributed by atoms with Gasteiger partial charge in [0.2, 0.25) is 0 Å². The molecule has 2 fully saturated rings. The maximum absolute atomic E-state index is 2.53. The molecule has 0 N–H and O–H groups in total. The summed E-state index contributed by atoms with van der Waals surface area (Å²) in [5.41, 5.74) is 0. The van der Waals surface area contributed by atoms with Crippen LogP contribution in [0.15, 0.2) is 0 Å². The molecule has 0 aromatic rings. The minimum Gasteiger partial charge on any atom is -0.242 e. The van der Waals surface area contributed by atoms with Crippen molar-refractivity contribution in [3.05, 3.63) is 0 Å². The molecule has 12 heavy (non-hydrogen) atoms. The third kappa shape index (κ3) is 2.77. The predicted molar refractivity (Wildman–Crippen MR) is 56.1 cm³/mol. The van der Waals surface area contributed by atoms with Crippen LogP contribution in [0.4, 0.5) is 0 Å². The second kappa shape index (κ2) is 6.03. The lowest BCUT2D eigenvalue weighted by atomic mass is 10.4. The van der Waals surface area contributed by atoms with Gasteiger partial charge in [0.15, 0.2) is 0 Å². The highest BCUT2D eigenvalue weighted by molar-refractivity contribution is 5.85. The van der Waals surface area contributed by atoms with E-state index in [9.17, 15) is 0 Å². The summed E-state index contributed by atoms with van der Waals surface area (Å²) >= 11 is 0. The molecule has 0 radical (unpaired) electrons. The highest BCUT2D eigenvalue weighted by Gasteiger charge is 2.21. The first kappa shape index (κ1) is 12.5. The van der Waals surface area contributed by atoms with E-state index in [1.54, 1.807) is 0 Å². The minimum absolute atomic E-state index is 0. The van der Waals surface area contributed by atoms with E-state index in [0.717, 1.165) is 0 Å². The monoisotopic (exact) mass is 212 g/mol. The number of hydrogen-bond acceptors (Lipinski definition) is 2. The smallest absolute Gasteiger partial charge is 0.0133 e. The van der Waals surface area contributed by atoms with Gasteiger partial charge in [-0.2, -0.15) is 0 Å². The van der Waals surface area contributed by atoms with Crippen molar-refractivity contribution >= 4 is 24.8 Å². The topological polar surface area (TPSA) is 6.48 Å². The largest absolute Gasteiger partial charge is 0.242 e. The number of nitrogens with zero attached hydrogens (tertiary/aromatic N) is 2. The van der Waals surface area contributed by atoms with Crippen LogP contribution in [-0.2, 0) is 0 Å². The number of hydrogen-bond donors (Lipinski definition) is 0. The van der Waals surface area contributed by atoms with E-state index in [-0.39, 0.29) is 24.8 Å². The van der Waals surface area contributed by atoms with Crippen molar-refractivity contribution in [3.63, 3.8) is 0 Å². The lowest BCUT2D eigenvalue weighted by molar-refractivity contribution is 0.0220. The molecule has 2 rings (SSSR count). The van der Waals surface area contributed by atoms with Gasteiger partial charge in [-0.05, 0) is 25.7 Å². The first-order valence-electron chi connectivity index (χ1n) is 4.46. The summed E-state index contributed by atoms with van der Waals surface area (Å²) in [6.45, 7) is 5.28. The third-order valence-electron chi connectivity index (χ3n) is 2.56. The van der Waals surface area contributed by atoms with Crippen LogP contribution in [0.1, 0.15) is 25.7 Å². The number of rotatable bonds is 1. The van der Waals surface area contributed by atoms with Gasteiger partial charge in [0, 0.05) is 26.2 Å². The van der Waals surface area contributed by atoms with E-state index in [1.807, 2.05) is 0 Å². The summed E-state index contributed by atoms with van der Waals surface area (Å²) in [5, 5.41) is 5.07. The van der Waals surface area contributed by atoms with Crippen molar-refractivity contribution in [3.8, 4) is 0 Å². The van der Waals surface area contributed by atoms with Crippen LogP contribution in [-0.4, -0.2) is 36.2 Å². The highest BCUT2D eigenvalue weighted by atomic mass is 35.5. The van der Waals surface area contributed by atoms with Crippen LogP contribution >= 0.6 is 24.8 Å². The van der Waals surface area contributed by atoms with Gasteiger partial charge in [-0.1, -0.05) is 0 Å². The fourth-order valence-electron chi connectivity index (χ4n) is 1.97. The summed E-state index contributed by atoms with van der Waals surface area (Å²) < 4.78 is 0. The standard InChI is InChI=1S/C8H16N2.2ClH/c1-2-6-9(5-1)10-7-3-4-8-10;;/h1-8H2;2*1H. The maximum Gasteiger partial charge on any atom is 0.0133 e. The number of hydrazine groups is 1. The molecule has 2 saturated heterocycles. The van der Waals surface area contributed by atoms with Gasteiger partial charge in [0.1, 0.15) is 0 Å². The van der Waals surface area contributed by atoms with Gasteiger partial charge in [0.25, 0.3) is 0 Å². The molecule has 0 aliphatic carbocycles. The van der Waals surface area contributed by atoms with Crippen LogP contribution in [0, 0.1) is 0 Å². The quantitative estimate of drug-likeness (QED) is 0.656. The Morgan fingerprint density at radius 3 is 1.00 bits per heavy atom. The van der Waals surface area contributed by atoms with Crippen molar-refractivity contribution in [1.29, 1.82) is 0 Å². The maximum atomic E-state index is 2.53. The van der Waals surface area contributed by atoms with E-state index in [2.05, 4.69) is 10.0 Å². The summed E-state index contributed by atoms with van der Waals surface area (Å²) in [4.78, 5) is 0. The van der Waals surface area contributed by atoms with Crippen LogP contribution in [0.25, 0.3) is 0 Å². The second-order valence-corrected chi connectivity index (χ2v) is 3.32. The van der Waals surface area contributed by atoms with Crippen molar-refractivity contribution in [2.24, 2.45) is 0 Å². The van der Waals surface area contributed by atoms with Crippen molar-refractivity contribution in [2.75, 3.05) is 26.2 Å². The average Bonchev–Trinajstić information content (AvgIpc) is 2.59. The molecule has 2 aliphatic rings. The average molecular weight is 213 g/mol. The Bertz CT molecular complexity index is 95.6. The van der Waals surface area contributed by atoms with Gasteiger partial charge in [-0.25, -0.2) is 10.0 Å². The molecule has 0 atom stereocenters. The summed E-state index contributed by atoms with van der Waals surface area (Å²) in [6, 6.07) is 0. The molecular formula is C8H18Cl2N2. The third-order valence-corrected chi connectivity index (χ3v) is 2.56. The Morgan fingerprint density at radius 1 is 0.500 bits per heavy atom. The molecule has 2 nitrogen and oxygen atoms in total. The lowest BCUT2D eigenvalue weighted by Gasteiger charge is -2.26. The van der Waals surface area contributed by atoms with Crippen LogP contribution in [0.3, 0.4) is 0 Å². The van der Waals surface area contributed by atoms with Gasteiger partial charge in [-0.15, -0.1) is 24.8 Å². The highest BCUT2D eigenvalue weighted by Crippen LogP contribution is 2.16. The zero-order chi connectivity index (χ0) is 6.81. The van der Waals surface area contributed by atoms with Crippen LogP contribution in [0.5, 0.6) is 0 Å². The minimum atomic E-state index is 0. The molecule has 0 saturated carbocycles. The first-order chi connectivity index (χ1) is 4.97. The van der Waals surface area contributed by atoms with Crippen molar-refractivity contribution in [2.45, 2.75) is 25.7 Å². The SMILES string of the molecule is C1CCN(N2CCCC2)C1.Cl.Cl. The summed E-state index contributed by atoms with van der Waals surface area (Å²) in [7, 11) is 0. The zero-order valence-corrected chi connectivity index (χ0v) is 9.00. The molecule has 0 aromatic heterocycles. The van der Waals surface area contributed by atoms with E-state index >= 15 is 0 Å². The molecule has 74 valence electrons. The van der Waals surface area contributed by atoms with Gasteiger partial charge in [0.05, 0.1) is 0 Å². The summed E-state index contributed by atoms with van der Waals surface area (Å²) in [5.74, 6) is 0. The van der Waals surface area contributed by atoms with Crippen LogP contribution in [0.2, 0.25) is 0 Å². The normalized spacial score (nSPS) is 25.0. The summed E-state index contributed by atoms with van der Waals surface area (Å²) in [6.07, 6.45) is 5.65. The Hall–Kier alpha value is 0.500. The molecule has 2 aliphatic heterocycles. The molecule has 0 aromatic carbocycles. The fraction of sp³-hybridized carbons (Fsp3) is 1.00. The fourth-order valence-corrected chi connectivity index (χ4v) is 1.97. The Balaban J connectivity index is 0.000000605. The van der Waals surface area contributed by atoms with Gasteiger partial charge >= 0.3 is 0 Å². The van der Waals surface area contributed by atoms with Crippen molar-refractivity contribution < 1.29 is 0 Å². The van der Waals surface area contributed by atoms with E-state index in [0.29, 0.717) is 0 Å². The predicted octanol–water partition coefficient (Wildman–Crippen LogP) is 1.94. The van der Waals surface area contributed by atoms with Crippen molar-refractivity contribution in [1.82, 2.24) is 10.0 Å². The van der Waals surface area contributed by atoms with Gasteiger partial charge in [-0.3, -0.25) is 0 Å². The van der Waals surface area contributed by atoms with E-state index < -0.39 is 0 Å². The molecule has 2 heterocycles. The molecule has 0 unspecified atom stereocenters. The zero-order valence-electron chi connectivity index (χ0n) is 7.37. The first-order valence-corrected chi connectivity index (χ1v) is 4.46. The molecular weight excluding hydrogens is 195 g/mol. The Labute approximate surface area is 87.1 Å². The Kier molecular flexibility index (Phi) is 6.28. The van der Waals surface area contributed by atoms with E-state index in [1.165, 1.54) is 51.9 Å². The lowest BCUT2D eigenvalue weighted by Crippen LogP contribution is -2.38.